The Kier molecular flexibility index (Phi) is 8.88. The number of nitrogens with one attached hydrogen (secondary N) is 1. The maximum atomic E-state index is 5.55. The van der Waals surface area contributed by atoms with E-state index in [-0.39, 0.29) is 12.1 Å². The van der Waals surface area contributed by atoms with Crippen molar-refractivity contribution in [1.29, 1.82) is 0 Å². The van der Waals surface area contributed by atoms with Crippen molar-refractivity contribution in [3.63, 3.8) is 0 Å². The minimum atomic E-state index is 0.0122. The van der Waals surface area contributed by atoms with Gasteiger partial charge in [-0.15, -0.1) is 11.3 Å². The van der Waals surface area contributed by atoms with Crippen LogP contribution in [0, 0.1) is 0 Å². The summed E-state index contributed by atoms with van der Waals surface area (Å²) in [6, 6.07) is 8.27. The van der Waals surface area contributed by atoms with Crippen LogP contribution in [0.15, 0.2) is 34.6 Å². The lowest BCUT2D eigenvalue weighted by molar-refractivity contribution is 0.119. The van der Waals surface area contributed by atoms with Crippen LogP contribution in [0.3, 0.4) is 0 Å². The zero-order valence-corrected chi connectivity index (χ0v) is 19.3. The van der Waals surface area contributed by atoms with Gasteiger partial charge in [0.1, 0.15) is 16.9 Å². The van der Waals surface area contributed by atoms with Crippen molar-refractivity contribution in [3.05, 3.63) is 45.9 Å². The Morgan fingerprint density at radius 2 is 1.97 bits per heavy atom. The molecular weight excluding hydrogens is 386 g/mol. The van der Waals surface area contributed by atoms with Crippen LogP contribution in [-0.4, -0.2) is 69.7 Å². The predicted molar refractivity (Wildman–Crippen MR) is 120 cm³/mol. The molecule has 2 rings (SSSR count). The molecule has 1 N–H and O–H groups in total. The first kappa shape index (κ1) is 23.1. The van der Waals surface area contributed by atoms with Crippen LogP contribution in [0.4, 0.5) is 0 Å². The molecule has 0 aliphatic carbocycles. The summed E-state index contributed by atoms with van der Waals surface area (Å²) >= 11 is 1.62. The number of aliphatic imine (C=N–C) groups is 1. The van der Waals surface area contributed by atoms with Gasteiger partial charge in [-0.3, -0.25) is 4.99 Å². The van der Waals surface area contributed by atoms with Gasteiger partial charge < -0.3 is 24.6 Å². The highest BCUT2D eigenvalue weighted by atomic mass is 32.1. The van der Waals surface area contributed by atoms with Crippen molar-refractivity contribution < 1.29 is 9.47 Å². The van der Waals surface area contributed by atoms with E-state index in [1.807, 2.05) is 32.2 Å². The molecular formula is C21H33N5O2S. The Hall–Kier alpha value is -2.16. The van der Waals surface area contributed by atoms with Gasteiger partial charge in [-0.2, -0.15) is 0 Å². The van der Waals surface area contributed by atoms with Crippen LogP contribution < -0.4 is 10.1 Å². The Labute approximate surface area is 178 Å². The third kappa shape index (κ3) is 6.16. The number of benzene rings is 1. The second-order valence-electron chi connectivity index (χ2n) is 7.06. The predicted octanol–water partition coefficient (Wildman–Crippen LogP) is 3.17. The van der Waals surface area contributed by atoms with Crippen molar-refractivity contribution in [2.45, 2.75) is 25.6 Å². The summed E-state index contributed by atoms with van der Waals surface area (Å²) in [4.78, 5) is 13.4. The number of ether oxygens (including phenoxy) is 2. The average molecular weight is 420 g/mol. The highest BCUT2D eigenvalue weighted by molar-refractivity contribution is 7.09. The number of nitrogens with zero attached hydrogens (tertiary/aromatic N) is 4. The number of thiazole rings is 1. The number of hydrogen-bond acceptors (Lipinski definition) is 6. The van der Waals surface area contributed by atoms with Gasteiger partial charge in [-0.05, 0) is 27.1 Å². The topological polar surface area (TPSA) is 62.2 Å². The number of methoxy groups -OCH3 is 2. The van der Waals surface area contributed by atoms with E-state index >= 15 is 0 Å². The van der Waals surface area contributed by atoms with Gasteiger partial charge in [0.2, 0.25) is 0 Å². The second kappa shape index (κ2) is 11.1. The third-order valence-corrected chi connectivity index (χ3v) is 5.87. The van der Waals surface area contributed by atoms with Gasteiger partial charge in [-0.25, -0.2) is 4.98 Å². The number of aromatic nitrogens is 1. The summed E-state index contributed by atoms with van der Waals surface area (Å²) in [6.07, 6.45) is 0.0122. The van der Waals surface area contributed by atoms with Gasteiger partial charge in [-0.1, -0.05) is 18.2 Å². The summed E-state index contributed by atoms with van der Waals surface area (Å²) in [7, 11) is 11.4. The first-order chi connectivity index (χ1) is 13.9. The van der Waals surface area contributed by atoms with Gasteiger partial charge in [0.25, 0.3) is 0 Å². The molecule has 2 unspecified atom stereocenters. The van der Waals surface area contributed by atoms with E-state index in [1.54, 1.807) is 32.6 Å². The van der Waals surface area contributed by atoms with E-state index in [0.29, 0.717) is 13.1 Å². The molecule has 2 aromatic rings. The number of para-hydroxylation sites is 1. The lowest BCUT2D eigenvalue weighted by Gasteiger charge is -2.29. The molecule has 0 amide bonds. The molecule has 1 aromatic heterocycles. The van der Waals surface area contributed by atoms with Gasteiger partial charge in [0, 0.05) is 38.7 Å². The Morgan fingerprint density at radius 1 is 1.24 bits per heavy atom. The van der Waals surface area contributed by atoms with E-state index in [0.717, 1.165) is 28.0 Å². The Morgan fingerprint density at radius 3 is 2.59 bits per heavy atom. The second-order valence-corrected chi connectivity index (χ2v) is 7.95. The summed E-state index contributed by atoms with van der Waals surface area (Å²) in [5.41, 5.74) is 2.15. The number of hydrogen-bond donors (Lipinski definition) is 1. The molecule has 1 heterocycles. The molecule has 8 heteroatoms. The van der Waals surface area contributed by atoms with Gasteiger partial charge >= 0.3 is 0 Å². The van der Waals surface area contributed by atoms with Crippen molar-refractivity contribution in [2.75, 3.05) is 49.0 Å². The van der Waals surface area contributed by atoms with Gasteiger partial charge in [0.15, 0.2) is 5.96 Å². The maximum absolute atomic E-state index is 5.55. The summed E-state index contributed by atoms with van der Waals surface area (Å²) in [6.45, 7) is 3.38. The SMILES string of the molecule is CN=C(NCC(c1ccccc1OC)N(C)C)N(C)Cc1csc(C(C)OC)n1. The molecule has 0 radical (unpaired) electrons. The summed E-state index contributed by atoms with van der Waals surface area (Å²) < 4.78 is 10.9. The van der Waals surface area contributed by atoms with Crippen LogP contribution in [0.1, 0.15) is 35.3 Å². The van der Waals surface area contributed by atoms with Crippen molar-refractivity contribution in [1.82, 2.24) is 20.1 Å². The minimum Gasteiger partial charge on any atom is -0.496 e. The average Bonchev–Trinajstić information content (AvgIpc) is 3.18. The highest BCUT2D eigenvalue weighted by Gasteiger charge is 2.20. The molecule has 0 spiro atoms. The van der Waals surface area contributed by atoms with E-state index in [4.69, 9.17) is 9.47 Å². The molecule has 7 nitrogen and oxygen atoms in total. The van der Waals surface area contributed by atoms with Crippen LogP contribution >= 0.6 is 11.3 Å². The molecule has 0 aliphatic heterocycles. The Balaban J connectivity index is 2.05. The zero-order chi connectivity index (χ0) is 21.4. The van der Waals surface area contributed by atoms with E-state index in [1.165, 1.54) is 0 Å². The summed E-state index contributed by atoms with van der Waals surface area (Å²) in [5.74, 6) is 1.71. The molecule has 0 saturated carbocycles. The zero-order valence-electron chi connectivity index (χ0n) is 18.5. The summed E-state index contributed by atoms with van der Waals surface area (Å²) in [5, 5.41) is 6.56. The molecule has 0 saturated heterocycles. The molecule has 29 heavy (non-hydrogen) atoms. The van der Waals surface area contributed by atoms with E-state index < -0.39 is 0 Å². The first-order valence-electron chi connectivity index (χ1n) is 9.59. The fourth-order valence-electron chi connectivity index (χ4n) is 3.09. The number of rotatable bonds is 9. The van der Waals surface area contributed by atoms with Crippen LogP contribution in [0.5, 0.6) is 5.75 Å². The third-order valence-electron chi connectivity index (χ3n) is 4.82. The lowest BCUT2D eigenvalue weighted by Crippen LogP contribution is -2.42. The molecule has 0 bridgehead atoms. The van der Waals surface area contributed by atoms with E-state index in [9.17, 15) is 0 Å². The van der Waals surface area contributed by atoms with Gasteiger partial charge in [0.05, 0.1) is 25.4 Å². The van der Waals surface area contributed by atoms with Crippen molar-refractivity contribution in [3.8, 4) is 5.75 Å². The fourth-order valence-corrected chi connectivity index (χ4v) is 3.93. The van der Waals surface area contributed by atoms with Crippen molar-refractivity contribution >= 4 is 17.3 Å². The Bertz CT molecular complexity index is 793. The fraction of sp³-hybridized carbons (Fsp3) is 0.524. The molecule has 160 valence electrons. The van der Waals surface area contributed by atoms with Crippen LogP contribution in [-0.2, 0) is 11.3 Å². The normalized spacial score (nSPS) is 14.0. The monoisotopic (exact) mass is 419 g/mol. The largest absolute Gasteiger partial charge is 0.496 e. The quantitative estimate of drug-likeness (QED) is 0.498. The molecule has 2 atom stereocenters. The highest BCUT2D eigenvalue weighted by Crippen LogP contribution is 2.27. The smallest absolute Gasteiger partial charge is 0.193 e. The van der Waals surface area contributed by atoms with Crippen LogP contribution in [0.2, 0.25) is 0 Å². The molecule has 0 fully saturated rings. The maximum Gasteiger partial charge on any atom is 0.193 e. The minimum absolute atomic E-state index is 0.0122. The van der Waals surface area contributed by atoms with Crippen LogP contribution in [0.25, 0.3) is 0 Å². The molecule has 1 aromatic carbocycles. The first-order valence-corrected chi connectivity index (χ1v) is 10.5. The standard InChI is InChI=1S/C21H33N5O2S/c1-15(27-6)20-24-16(14-29-20)13-26(5)21(22-2)23-12-18(25(3)4)17-10-8-9-11-19(17)28-7/h8-11,14-15,18H,12-13H2,1-7H3,(H,22,23). The van der Waals surface area contributed by atoms with E-state index in [2.05, 4.69) is 50.6 Å². The molecule has 0 aliphatic rings. The number of guanidine groups is 1. The van der Waals surface area contributed by atoms with Crippen molar-refractivity contribution in [2.24, 2.45) is 4.99 Å². The lowest BCUT2D eigenvalue weighted by atomic mass is 10.0. The number of likely N-dealkylation sites (N-methyl/N-ethyl adjacent to an activating group) is 1.